The zero-order valence-corrected chi connectivity index (χ0v) is 13.1. The van der Waals surface area contributed by atoms with Gasteiger partial charge in [-0.05, 0) is 25.0 Å². The second-order valence-electron chi connectivity index (χ2n) is 6.40. The molecule has 1 amide bonds. The number of carbonyl (C=O) groups excluding carboxylic acids is 1. The number of nitrogens with zero attached hydrogens (tertiary/aromatic N) is 2. The molecule has 5 nitrogen and oxygen atoms in total. The minimum Gasteiger partial charge on any atom is -0.392 e. The quantitative estimate of drug-likeness (QED) is 0.892. The van der Waals surface area contributed by atoms with Gasteiger partial charge in [0.05, 0.1) is 11.7 Å². The van der Waals surface area contributed by atoms with Crippen LogP contribution in [0.2, 0.25) is 0 Å². The standard InChI is InChI=1S/C16H25N3O2/c1-16(9-5-4-6-13(16)20)11-18-14-8-7-12(10-17-14)15(21)19(2)3/h7-8,10,13,20H,4-6,9,11H2,1-3H3,(H,17,18). The highest BCUT2D eigenvalue weighted by Gasteiger charge is 2.35. The van der Waals surface area contributed by atoms with Gasteiger partial charge in [0, 0.05) is 32.3 Å². The summed E-state index contributed by atoms with van der Waals surface area (Å²) in [5.74, 6) is 0.688. The van der Waals surface area contributed by atoms with Crippen molar-refractivity contribution < 1.29 is 9.90 Å². The van der Waals surface area contributed by atoms with Crippen molar-refractivity contribution in [2.24, 2.45) is 5.41 Å². The molecule has 116 valence electrons. The molecule has 5 heteroatoms. The largest absolute Gasteiger partial charge is 0.392 e. The highest BCUT2D eigenvalue weighted by Crippen LogP contribution is 2.36. The van der Waals surface area contributed by atoms with Gasteiger partial charge in [0.1, 0.15) is 5.82 Å². The highest BCUT2D eigenvalue weighted by molar-refractivity contribution is 5.93. The summed E-state index contributed by atoms with van der Waals surface area (Å²) in [5, 5.41) is 13.5. The first-order valence-electron chi connectivity index (χ1n) is 7.52. The van der Waals surface area contributed by atoms with E-state index in [1.807, 2.05) is 6.07 Å². The molecule has 0 spiro atoms. The summed E-state index contributed by atoms with van der Waals surface area (Å²) >= 11 is 0. The van der Waals surface area contributed by atoms with Gasteiger partial charge in [-0.25, -0.2) is 4.98 Å². The molecule has 2 rings (SSSR count). The van der Waals surface area contributed by atoms with Crippen LogP contribution in [0.4, 0.5) is 5.82 Å². The lowest BCUT2D eigenvalue weighted by Gasteiger charge is -2.38. The summed E-state index contributed by atoms with van der Waals surface area (Å²) in [6.07, 6.45) is 5.51. The molecule has 0 bridgehead atoms. The maximum atomic E-state index is 11.8. The molecule has 1 aliphatic carbocycles. The summed E-state index contributed by atoms with van der Waals surface area (Å²) in [7, 11) is 3.44. The van der Waals surface area contributed by atoms with Gasteiger partial charge >= 0.3 is 0 Å². The third-order valence-corrected chi connectivity index (χ3v) is 4.37. The molecule has 1 fully saturated rings. The van der Waals surface area contributed by atoms with Crippen molar-refractivity contribution in [2.75, 3.05) is 26.0 Å². The second kappa shape index (κ2) is 6.43. The van der Waals surface area contributed by atoms with Gasteiger partial charge in [0.2, 0.25) is 0 Å². The average Bonchev–Trinajstić information content (AvgIpc) is 2.48. The number of aromatic nitrogens is 1. The van der Waals surface area contributed by atoms with Crippen molar-refractivity contribution in [1.29, 1.82) is 0 Å². The summed E-state index contributed by atoms with van der Waals surface area (Å²) < 4.78 is 0. The van der Waals surface area contributed by atoms with E-state index in [2.05, 4.69) is 17.2 Å². The van der Waals surface area contributed by atoms with E-state index in [0.29, 0.717) is 12.1 Å². The maximum Gasteiger partial charge on any atom is 0.254 e. The first kappa shape index (κ1) is 15.8. The van der Waals surface area contributed by atoms with Crippen LogP contribution in [0.25, 0.3) is 0 Å². The fraction of sp³-hybridized carbons (Fsp3) is 0.625. The van der Waals surface area contributed by atoms with Crippen LogP contribution in [0.3, 0.4) is 0 Å². The van der Waals surface area contributed by atoms with Crippen molar-refractivity contribution in [1.82, 2.24) is 9.88 Å². The minimum absolute atomic E-state index is 0.0521. The van der Waals surface area contributed by atoms with Crippen LogP contribution in [-0.4, -0.2) is 47.6 Å². The first-order valence-corrected chi connectivity index (χ1v) is 7.52. The van der Waals surface area contributed by atoms with Crippen LogP contribution in [0.5, 0.6) is 0 Å². The molecule has 1 aliphatic rings. The van der Waals surface area contributed by atoms with Crippen LogP contribution >= 0.6 is 0 Å². The SMILES string of the molecule is CN(C)C(=O)c1ccc(NCC2(C)CCCCC2O)nc1. The van der Waals surface area contributed by atoms with Gasteiger partial charge in [-0.3, -0.25) is 4.79 Å². The Morgan fingerprint density at radius 2 is 2.24 bits per heavy atom. The van der Waals surface area contributed by atoms with E-state index in [-0.39, 0.29) is 17.4 Å². The molecule has 2 unspecified atom stereocenters. The average molecular weight is 291 g/mol. The molecule has 1 heterocycles. The Morgan fingerprint density at radius 1 is 1.48 bits per heavy atom. The molecular weight excluding hydrogens is 266 g/mol. The van der Waals surface area contributed by atoms with E-state index >= 15 is 0 Å². The predicted molar refractivity (Wildman–Crippen MR) is 83.3 cm³/mol. The third-order valence-electron chi connectivity index (χ3n) is 4.37. The minimum atomic E-state index is -0.256. The van der Waals surface area contributed by atoms with Crippen molar-refractivity contribution in [3.05, 3.63) is 23.9 Å². The number of aliphatic hydroxyl groups is 1. The van der Waals surface area contributed by atoms with Gasteiger partial charge < -0.3 is 15.3 Å². The fourth-order valence-electron chi connectivity index (χ4n) is 2.76. The fourth-order valence-corrected chi connectivity index (χ4v) is 2.76. The van der Waals surface area contributed by atoms with E-state index in [9.17, 15) is 9.90 Å². The molecular formula is C16H25N3O2. The number of aliphatic hydroxyl groups excluding tert-OH is 1. The molecule has 1 aromatic rings. The molecule has 0 aromatic carbocycles. The molecule has 2 N–H and O–H groups in total. The topological polar surface area (TPSA) is 65.5 Å². The predicted octanol–water partition coefficient (Wildman–Crippen LogP) is 2.14. The summed E-state index contributed by atoms with van der Waals surface area (Å²) in [4.78, 5) is 17.6. The van der Waals surface area contributed by atoms with Crippen LogP contribution in [0.1, 0.15) is 43.0 Å². The number of carbonyl (C=O) groups is 1. The van der Waals surface area contributed by atoms with E-state index < -0.39 is 0 Å². The number of pyridine rings is 1. The molecule has 1 saturated carbocycles. The normalized spacial score (nSPS) is 25.4. The van der Waals surface area contributed by atoms with E-state index in [4.69, 9.17) is 0 Å². The number of hydrogen-bond acceptors (Lipinski definition) is 4. The van der Waals surface area contributed by atoms with Gasteiger partial charge in [-0.15, -0.1) is 0 Å². The lowest BCUT2D eigenvalue weighted by Crippen LogP contribution is -2.41. The molecule has 0 radical (unpaired) electrons. The number of amides is 1. The van der Waals surface area contributed by atoms with Crippen molar-refractivity contribution in [3.8, 4) is 0 Å². The van der Waals surface area contributed by atoms with Crippen LogP contribution in [0.15, 0.2) is 18.3 Å². The number of anilines is 1. The molecule has 21 heavy (non-hydrogen) atoms. The third kappa shape index (κ3) is 3.73. The van der Waals surface area contributed by atoms with E-state index in [1.54, 1.807) is 26.4 Å². The van der Waals surface area contributed by atoms with Crippen LogP contribution < -0.4 is 5.32 Å². The second-order valence-corrected chi connectivity index (χ2v) is 6.40. The van der Waals surface area contributed by atoms with Gasteiger partial charge in [-0.1, -0.05) is 19.8 Å². The first-order chi connectivity index (χ1) is 9.92. The monoisotopic (exact) mass is 291 g/mol. The summed E-state index contributed by atoms with van der Waals surface area (Å²) in [6.45, 7) is 2.82. The Hall–Kier alpha value is -1.62. The summed E-state index contributed by atoms with van der Waals surface area (Å²) in [6, 6.07) is 3.59. The van der Waals surface area contributed by atoms with Gasteiger partial charge in [-0.2, -0.15) is 0 Å². The van der Waals surface area contributed by atoms with Crippen molar-refractivity contribution >= 4 is 11.7 Å². The lowest BCUT2D eigenvalue weighted by molar-refractivity contribution is 0.00958. The van der Waals surface area contributed by atoms with Crippen molar-refractivity contribution in [2.45, 2.75) is 38.7 Å². The highest BCUT2D eigenvalue weighted by atomic mass is 16.3. The number of nitrogens with one attached hydrogen (secondary N) is 1. The van der Waals surface area contributed by atoms with Gasteiger partial charge in [0.15, 0.2) is 0 Å². The molecule has 1 aromatic heterocycles. The Bertz CT molecular complexity index is 487. The molecule has 0 saturated heterocycles. The zero-order chi connectivity index (χ0) is 15.5. The number of hydrogen-bond donors (Lipinski definition) is 2. The lowest BCUT2D eigenvalue weighted by atomic mass is 9.73. The summed E-state index contributed by atoms with van der Waals surface area (Å²) in [5.41, 5.74) is 0.479. The molecule has 2 atom stereocenters. The maximum absolute atomic E-state index is 11.8. The van der Waals surface area contributed by atoms with E-state index in [1.165, 1.54) is 11.3 Å². The van der Waals surface area contributed by atoms with Crippen molar-refractivity contribution in [3.63, 3.8) is 0 Å². The smallest absolute Gasteiger partial charge is 0.254 e. The van der Waals surface area contributed by atoms with Crippen LogP contribution in [0, 0.1) is 5.41 Å². The molecule has 0 aliphatic heterocycles. The number of rotatable bonds is 4. The Morgan fingerprint density at radius 3 is 2.81 bits per heavy atom. The van der Waals surface area contributed by atoms with Gasteiger partial charge in [0.25, 0.3) is 5.91 Å². The zero-order valence-electron chi connectivity index (χ0n) is 13.1. The van der Waals surface area contributed by atoms with E-state index in [0.717, 1.165) is 25.1 Å². The Kier molecular flexibility index (Phi) is 4.83. The Labute approximate surface area is 126 Å². The Balaban J connectivity index is 1.96. The van der Waals surface area contributed by atoms with Crippen LogP contribution in [-0.2, 0) is 0 Å².